The molecule has 0 aromatic heterocycles. The van der Waals surface area contributed by atoms with Crippen LogP contribution in [0.1, 0.15) is 27.0 Å². The van der Waals surface area contributed by atoms with E-state index in [2.05, 4.69) is 4.99 Å². The maximum Gasteiger partial charge on any atom is 0.416 e. The van der Waals surface area contributed by atoms with Crippen molar-refractivity contribution in [1.82, 2.24) is 0 Å². The van der Waals surface area contributed by atoms with Crippen LogP contribution < -0.4 is 0 Å². The smallest absolute Gasteiger partial charge is 0.416 e. The molecule has 0 saturated carbocycles. The van der Waals surface area contributed by atoms with Gasteiger partial charge >= 0.3 is 12.4 Å². The molecule has 0 aliphatic heterocycles. The number of alkyl halides is 6. The van der Waals surface area contributed by atoms with Gasteiger partial charge in [0.2, 0.25) is 0 Å². The fraction of sp³-hybridized carbons (Fsp3) is 0.111. The zero-order valence-corrected chi connectivity index (χ0v) is 13.2. The fourth-order valence-corrected chi connectivity index (χ4v) is 2.56. The van der Waals surface area contributed by atoms with E-state index >= 15 is 0 Å². The van der Waals surface area contributed by atoms with Gasteiger partial charge in [-0.05, 0) is 18.2 Å². The number of aliphatic hydroxyl groups excluding tert-OH is 1. The molecule has 0 heterocycles. The molecular weight excluding hydrogens is 376 g/mol. The summed E-state index contributed by atoms with van der Waals surface area (Å²) in [5, 5.41) is 10.1. The Balaban J connectivity index is 2.03. The van der Waals surface area contributed by atoms with Gasteiger partial charge in [0.25, 0.3) is 0 Å². The number of nitrogens with zero attached hydrogens (tertiary/aromatic N) is 1. The Labute approximate surface area is 148 Å². The first-order chi connectivity index (χ1) is 12.5. The lowest BCUT2D eigenvalue weighted by Gasteiger charge is -2.12. The minimum atomic E-state index is -5.01. The van der Waals surface area contributed by atoms with Crippen molar-refractivity contribution in [3.8, 4) is 0 Å². The number of rotatable bonds is 2. The Morgan fingerprint density at radius 1 is 0.852 bits per heavy atom. The number of ketones is 1. The summed E-state index contributed by atoms with van der Waals surface area (Å²) in [6.07, 6.45) is -9.26. The summed E-state index contributed by atoms with van der Waals surface area (Å²) in [5.74, 6) is -1.07. The third-order valence-corrected chi connectivity index (χ3v) is 3.84. The first-order valence-electron chi connectivity index (χ1n) is 7.39. The topological polar surface area (TPSA) is 49.7 Å². The highest BCUT2D eigenvalue weighted by Gasteiger charge is 2.37. The highest BCUT2D eigenvalue weighted by Crippen LogP contribution is 2.38. The first-order valence-corrected chi connectivity index (χ1v) is 7.39. The van der Waals surface area contributed by atoms with Crippen molar-refractivity contribution in [2.75, 3.05) is 0 Å². The van der Waals surface area contributed by atoms with Gasteiger partial charge in [-0.3, -0.25) is 9.79 Å². The van der Waals surface area contributed by atoms with Crippen molar-refractivity contribution in [2.45, 2.75) is 12.4 Å². The van der Waals surface area contributed by atoms with E-state index in [0.717, 1.165) is 6.21 Å². The predicted molar refractivity (Wildman–Crippen MR) is 84.9 cm³/mol. The Kier molecular flexibility index (Phi) is 4.33. The van der Waals surface area contributed by atoms with Gasteiger partial charge in [-0.15, -0.1) is 0 Å². The molecule has 0 amide bonds. The lowest BCUT2D eigenvalue weighted by molar-refractivity contribution is -0.143. The monoisotopic (exact) mass is 385 g/mol. The van der Waals surface area contributed by atoms with Crippen molar-refractivity contribution >= 4 is 23.4 Å². The molecule has 3 rings (SSSR count). The second-order valence-electron chi connectivity index (χ2n) is 5.66. The van der Waals surface area contributed by atoms with Gasteiger partial charge in [-0.2, -0.15) is 26.3 Å². The van der Waals surface area contributed by atoms with Crippen LogP contribution in [0.25, 0.3) is 5.76 Å². The van der Waals surface area contributed by atoms with Crippen LogP contribution in [0.5, 0.6) is 0 Å². The van der Waals surface area contributed by atoms with E-state index in [1.165, 1.54) is 12.1 Å². The Morgan fingerprint density at radius 2 is 1.37 bits per heavy atom. The molecule has 0 spiro atoms. The molecule has 1 aliphatic rings. The number of Topliss-reactive ketones (excluding diaryl/α,β-unsaturated/α-hetero) is 1. The van der Waals surface area contributed by atoms with E-state index in [-0.39, 0.29) is 22.8 Å². The van der Waals surface area contributed by atoms with Crippen LogP contribution in [0.4, 0.5) is 32.0 Å². The zero-order chi connectivity index (χ0) is 20.0. The lowest BCUT2D eigenvalue weighted by Crippen LogP contribution is -2.10. The quantitative estimate of drug-likeness (QED) is 0.541. The number of allylic oxidation sites excluding steroid dienone is 1. The number of benzene rings is 2. The van der Waals surface area contributed by atoms with Gasteiger partial charge in [-0.1, -0.05) is 24.3 Å². The van der Waals surface area contributed by atoms with Gasteiger partial charge < -0.3 is 5.11 Å². The van der Waals surface area contributed by atoms with Crippen molar-refractivity contribution in [2.24, 2.45) is 4.99 Å². The molecule has 0 saturated heterocycles. The van der Waals surface area contributed by atoms with Crippen molar-refractivity contribution in [3.05, 3.63) is 70.3 Å². The maximum atomic E-state index is 12.9. The highest BCUT2D eigenvalue weighted by atomic mass is 19.4. The number of carbonyl (C=O) groups excluding carboxylic acids is 1. The van der Waals surface area contributed by atoms with Crippen LogP contribution in [0.3, 0.4) is 0 Å². The molecule has 2 aromatic carbocycles. The number of hydrogen-bond acceptors (Lipinski definition) is 3. The van der Waals surface area contributed by atoms with Gasteiger partial charge in [0.1, 0.15) is 5.76 Å². The summed E-state index contributed by atoms with van der Waals surface area (Å²) >= 11 is 0. The van der Waals surface area contributed by atoms with Crippen LogP contribution in [0, 0.1) is 0 Å². The average Bonchev–Trinajstić information content (AvgIpc) is 2.83. The lowest BCUT2D eigenvalue weighted by atomic mass is 10.1. The molecule has 3 nitrogen and oxygen atoms in total. The van der Waals surface area contributed by atoms with Gasteiger partial charge in [0.05, 0.1) is 22.4 Å². The minimum absolute atomic E-state index is 0.0215. The van der Waals surface area contributed by atoms with Crippen LogP contribution in [-0.2, 0) is 12.4 Å². The van der Waals surface area contributed by atoms with E-state index in [1.807, 2.05) is 0 Å². The summed E-state index contributed by atoms with van der Waals surface area (Å²) < 4.78 is 77.1. The number of hydrogen-bond donors (Lipinski definition) is 1. The standard InChI is InChI=1S/C18H9F6NO2/c19-17(20,21)9-5-10(18(22,23)24)7-11(6-9)25-8-14-15(26)12-3-1-2-4-13(12)16(14)27/h1-8,26H. The minimum Gasteiger partial charge on any atom is -0.506 e. The Morgan fingerprint density at radius 3 is 1.85 bits per heavy atom. The zero-order valence-electron chi connectivity index (χ0n) is 13.2. The van der Waals surface area contributed by atoms with E-state index in [0.29, 0.717) is 12.1 Å². The molecule has 0 fully saturated rings. The van der Waals surface area contributed by atoms with Crippen LogP contribution in [0.2, 0.25) is 0 Å². The second kappa shape index (κ2) is 6.26. The van der Waals surface area contributed by atoms with E-state index in [9.17, 15) is 36.2 Å². The molecular formula is C18H9F6NO2. The number of halogens is 6. The average molecular weight is 385 g/mol. The van der Waals surface area contributed by atoms with Crippen LogP contribution in [0.15, 0.2) is 53.0 Å². The van der Waals surface area contributed by atoms with Gasteiger partial charge in [0.15, 0.2) is 5.78 Å². The highest BCUT2D eigenvalue weighted by molar-refractivity contribution is 6.30. The Hall–Kier alpha value is -3.10. The van der Waals surface area contributed by atoms with Gasteiger partial charge in [0, 0.05) is 17.3 Å². The number of aliphatic hydroxyl groups is 1. The molecule has 27 heavy (non-hydrogen) atoms. The summed E-state index contributed by atoms with van der Waals surface area (Å²) in [5.41, 5.74) is -3.64. The van der Waals surface area contributed by atoms with E-state index in [1.54, 1.807) is 12.1 Å². The van der Waals surface area contributed by atoms with E-state index < -0.39 is 40.7 Å². The predicted octanol–water partition coefficient (Wildman–Crippen LogP) is 5.59. The largest absolute Gasteiger partial charge is 0.506 e. The number of fused-ring (bicyclic) bond motifs is 1. The second-order valence-corrected chi connectivity index (χ2v) is 5.66. The Bertz CT molecular complexity index is 954. The third kappa shape index (κ3) is 3.57. The molecule has 9 heteroatoms. The first kappa shape index (κ1) is 18.7. The summed E-state index contributed by atoms with van der Waals surface area (Å²) in [6, 6.07) is 6.83. The van der Waals surface area contributed by atoms with Crippen molar-refractivity contribution < 1.29 is 36.2 Å². The van der Waals surface area contributed by atoms with Gasteiger partial charge in [-0.25, -0.2) is 0 Å². The SMILES string of the molecule is O=C1C(C=Nc2cc(C(F)(F)F)cc(C(F)(F)F)c2)=C(O)c2ccccc21. The normalized spacial score (nSPS) is 15.0. The van der Waals surface area contributed by atoms with E-state index in [4.69, 9.17) is 0 Å². The molecule has 0 atom stereocenters. The fourth-order valence-electron chi connectivity index (χ4n) is 2.56. The summed E-state index contributed by atoms with van der Waals surface area (Å²) in [6.45, 7) is 0. The molecule has 0 unspecified atom stereocenters. The molecule has 0 radical (unpaired) electrons. The molecule has 2 aromatic rings. The molecule has 1 aliphatic carbocycles. The molecule has 0 bridgehead atoms. The molecule has 140 valence electrons. The maximum absolute atomic E-state index is 12.9. The van der Waals surface area contributed by atoms with Crippen LogP contribution in [-0.4, -0.2) is 17.1 Å². The number of carbonyl (C=O) groups is 1. The molecule has 1 N–H and O–H groups in total. The van der Waals surface area contributed by atoms with Crippen LogP contribution >= 0.6 is 0 Å². The van der Waals surface area contributed by atoms with Crippen molar-refractivity contribution in [1.29, 1.82) is 0 Å². The summed E-state index contributed by atoms with van der Waals surface area (Å²) in [4.78, 5) is 15.8. The van der Waals surface area contributed by atoms with Crippen molar-refractivity contribution in [3.63, 3.8) is 0 Å². The summed E-state index contributed by atoms with van der Waals surface area (Å²) in [7, 11) is 0. The number of aliphatic imine (C=N–C) groups is 1. The third-order valence-electron chi connectivity index (χ3n) is 3.84.